The first-order valence-corrected chi connectivity index (χ1v) is 14.9. The Kier molecular flexibility index (Phi) is 5.50. The molecular weight excluding hydrogens is 552 g/mol. The van der Waals surface area contributed by atoms with E-state index in [1.807, 2.05) is 78.9 Å². The zero-order valence-electron chi connectivity index (χ0n) is 24.1. The van der Waals surface area contributed by atoms with Crippen LogP contribution >= 0.6 is 0 Å². The second-order valence-corrected chi connectivity index (χ2v) is 11.2. The number of furan rings is 1. The number of fused-ring (bicyclic) bond motifs is 6. The van der Waals surface area contributed by atoms with Crippen molar-refractivity contribution in [3.63, 3.8) is 0 Å². The molecule has 9 aromatic rings. The number of benzene rings is 6. The zero-order chi connectivity index (χ0) is 29.9. The van der Waals surface area contributed by atoms with Crippen LogP contribution in [0, 0.1) is 11.3 Å². The van der Waals surface area contributed by atoms with Gasteiger partial charge in [-0.1, -0.05) is 78.9 Å². The maximum atomic E-state index is 9.81. The molecule has 0 amide bonds. The topological polar surface area (TPSA) is 59.7 Å². The molecule has 45 heavy (non-hydrogen) atoms. The third kappa shape index (κ3) is 3.97. The molecule has 0 atom stereocenters. The summed E-state index contributed by atoms with van der Waals surface area (Å²) in [7, 11) is 0. The predicted molar refractivity (Wildman–Crippen MR) is 181 cm³/mol. The molecule has 0 bridgehead atoms. The molecule has 0 aliphatic heterocycles. The molecule has 3 aromatic heterocycles. The Hall–Kier alpha value is -6.38. The van der Waals surface area contributed by atoms with E-state index in [0.29, 0.717) is 5.56 Å². The summed E-state index contributed by atoms with van der Waals surface area (Å²) in [6.45, 7) is 0. The van der Waals surface area contributed by atoms with Crippen LogP contribution in [-0.2, 0) is 0 Å². The first kappa shape index (κ1) is 25.1. The van der Waals surface area contributed by atoms with E-state index in [1.165, 1.54) is 0 Å². The fourth-order valence-electron chi connectivity index (χ4n) is 6.48. The van der Waals surface area contributed by atoms with Crippen LogP contribution in [0.1, 0.15) is 5.56 Å². The van der Waals surface area contributed by atoms with Gasteiger partial charge < -0.3 is 8.98 Å². The number of nitrogens with zero attached hydrogens (tertiary/aromatic N) is 4. The molecule has 0 fully saturated rings. The summed E-state index contributed by atoms with van der Waals surface area (Å²) in [5.41, 5.74) is 9.48. The SMILES string of the molecule is N#Cc1ccc2c(c1)c1cc(-n3cc(-c4ccccc4)nc3-c3ccccc3)ccc1n2-c1ccc2oc3ccccc3c2c1. The van der Waals surface area contributed by atoms with Crippen molar-refractivity contribution in [1.82, 2.24) is 14.1 Å². The highest BCUT2D eigenvalue weighted by atomic mass is 16.3. The maximum absolute atomic E-state index is 9.81. The van der Waals surface area contributed by atoms with E-state index in [0.717, 1.165) is 77.8 Å². The Morgan fingerprint density at radius 1 is 0.556 bits per heavy atom. The standard InChI is InChI=1S/C40H24N4O/c41-24-26-15-18-36-32(21-26)33-22-29(43-25-35(27-9-3-1-4-10-27)42-40(43)28-11-5-2-6-12-28)16-19-37(33)44(36)30-17-20-39-34(23-30)31-13-7-8-14-38(31)45-39/h1-23,25H. The lowest BCUT2D eigenvalue weighted by Gasteiger charge is -2.10. The minimum atomic E-state index is 0.627. The van der Waals surface area contributed by atoms with Crippen LogP contribution in [0.5, 0.6) is 0 Å². The summed E-state index contributed by atoms with van der Waals surface area (Å²) in [6.07, 6.45) is 2.11. The van der Waals surface area contributed by atoms with E-state index in [2.05, 4.69) is 82.1 Å². The number of nitriles is 1. The number of aromatic nitrogens is 3. The van der Waals surface area contributed by atoms with Gasteiger partial charge in [0.05, 0.1) is 28.4 Å². The quantitative estimate of drug-likeness (QED) is 0.209. The summed E-state index contributed by atoms with van der Waals surface area (Å²) in [4.78, 5) is 5.10. The molecule has 9 rings (SSSR count). The molecule has 0 saturated heterocycles. The zero-order valence-corrected chi connectivity index (χ0v) is 24.1. The van der Waals surface area contributed by atoms with Gasteiger partial charge in [0.15, 0.2) is 0 Å². The van der Waals surface area contributed by atoms with Gasteiger partial charge in [-0.25, -0.2) is 4.98 Å². The highest BCUT2D eigenvalue weighted by molar-refractivity contribution is 6.11. The number of hydrogen-bond acceptors (Lipinski definition) is 3. The average Bonchev–Trinajstić information content (AvgIpc) is 3.80. The van der Waals surface area contributed by atoms with Crippen LogP contribution in [0.4, 0.5) is 0 Å². The van der Waals surface area contributed by atoms with Crippen LogP contribution in [-0.4, -0.2) is 14.1 Å². The predicted octanol–water partition coefficient (Wildman–Crippen LogP) is 10.1. The van der Waals surface area contributed by atoms with Crippen molar-refractivity contribution in [2.75, 3.05) is 0 Å². The van der Waals surface area contributed by atoms with Gasteiger partial charge >= 0.3 is 0 Å². The highest BCUT2D eigenvalue weighted by Gasteiger charge is 2.18. The molecular formula is C40H24N4O. The molecule has 0 aliphatic rings. The molecule has 0 unspecified atom stereocenters. The van der Waals surface area contributed by atoms with E-state index in [1.54, 1.807) is 0 Å². The highest BCUT2D eigenvalue weighted by Crippen LogP contribution is 2.37. The first-order valence-electron chi connectivity index (χ1n) is 14.9. The van der Waals surface area contributed by atoms with E-state index >= 15 is 0 Å². The van der Waals surface area contributed by atoms with Crippen molar-refractivity contribution < 1.29 is 4.42 Å². The Morgan fingerprint density at radius 3 is 2.00 bits per heavy atom. The van der Waals surface area contributed by atoms with Gasteiger partial charge in [0.2, 0.25) is 0 Å². The molecule has 0 saturated carbocycles. The van der Waals surface area contributed by atoms with Gasteiger partial charge in [-0.05, 0) is 60.7 Å². The summed E-state index contributed by atoms with van der Waals surface area (Å²) >= 11 is 0. The minimum absolute atomic E-state index is 0.627. The molecule has 6 aromatic carbocycles. The monoisotopic (exact) mass is 576 g/mol. The van der Waals surface area contributed by atoms with E-state index in [-0.39, 0.29) is 0 Å². The fourth-order valence-corrected chi connectivity index (χ4v) is 6.48. The summed E-state index contributed by atoms with van der Waals surface area (Å²) in [5.74, 6) is 0.868. The summed E-state index contributed by atoms with van der Waals surface area (Å²) < 4.78 is 10.6. The molecule has 0 radical (unpaired) electrons. The molecule has 3 heterocycles. The third-order valence-corrected chi connectivity index (χ3v) is 8.58. The number of para-hydroxylation sites is 1. The molecule has 5 heteroatoms. The normalized spacial score (nSPS) is 11.5. The van der Waals surface area contributed by atoms with Crippen molar-refractivity contribution in [1.29, 1.82) is 5.26 Å². The van der Waals surface area contributed by atoms with E-state index < -0.39 is 0 Å². The van der Waals surface area contributed by atoms with Gasteiger partial charge in [0, 0.05) is 50.2 Å². The maximum Gasteiger partial charge on any atom is 0.145 e. The lowest BCUT2D eigenvalue weighted by atomic mass is 10.1. The Morgan fingerprint density at radius 2 is 1.20 bits per heavy atom. The number of imidazole rings is 1. The first-order chi connectivity index (χ1) is 22.2. The Bertz CT molecular complexity index is 2600. The molecule has 0 spiro atoms. The van der Waals surface area contributed by atoms with Crippen LogP contribution in [0.3, 0.4) is 0 Å². The van der Waals surface area contributed by atoms with E-state index in [4.69, 9.17) is 9.40 Å². The van der Waals surface area contributed by atoms with Crippen LogP contribution in [0.15, 0.2) is 150 Å². The van der Waals surface area contributed by atoms with Crippen LogP contribution < -0.4 is 0 Å². The number of rotatable bonds is 4. The van der Waals surface area contributed by atoms with Crippen LogP contribution in [0.2, 0.25) is 0 Å². The van der Waals surface area contributed by atoms with Crippen molar-refractivity contribution in [3.8, 4) is 40.1 Å². The smallest absolute Gasteiger partial charge is 0.145 e. The van der Waals surface area contributed by atoms with Crippen molar-refractivity contribution in [2.24, 2.45) is 0 Å². The average molecular weight is 577 g/mol. The van der Waals surface area contributed by atoms with E-state index in [9.17, 15) is 5.26 Å². The largest absolute Gasteiger partial charge is 0.456 e. The van der Waals surface area contributed by atoms with Crippen molar-refractivity contribution in [2.45, 2.75) is 0 Å². The molecule has 0 N–H and O–H groups in total. The third-order valence-electron chi connectivity index (χ3n) is 8.58. The number of hydrogen-bond donors (Lipinski definition) is 0. The lowest BCUT2D eigenvalue weighted by Crippen LogP contribution is -1.97. The minimum Gasteiger partial charge on any atom is -0.456 e. The Labute approximate surface area is 258 Å². The van der Waals surface area contributed by atoms with Crippen LogP contribution in [0.25, 0.3) is 77.8 Å². The molecule has 210 valence electrons. The summed E-state index contributed by atoms with van der Waals surface area (Å²) in [5, 5.41) is 14.1. The van der Waals surface area contributed by atoms with Gasteiger partial charge in [-0.15, -0.1) is 0 Å². The van der Waals surface area contributed by atoms with Crippen molar-refractivity contribution >= 4 is 43.7 Å². The van der Waals surface area contributed by atoms with Crippen molar-refractivity contribution in [3.05, 3.63) is 151 Å². The molecule has 5 nitrogen and oxygen atoms in total. The van der Waals surface area contributed by atoms with Gasteiger partial charge in [0.1, 0.15) is 17.0 Å². The second-order valence-electron chi connectivity index (χ2n) is 11.2. The van der Waals surface area contributed by atoms with Gasteiger partial charge in [-0.3, -0.25) is 4.57 Å². The lowest BCUT2D eigenvalue weighted by molar-refractivity contribution is 0.669. The van der Waals surface area contributed by atoms with Gasteiger partial charge in [0.25, 0.3) is 0 Å². The fraction of sp³-hybridized carbons (Fsp3) is 0. The Balaban J connectivity index is 1.29. The second kappa shape index (κ2) is 9.84. The molecule has 0 aliphatic carbocycles. The summed E-state index contributed by atoms with van der Waals surface area (Å²) in [6, 6.07) is 49.8. The van der Waals surface area contributed by atoms with Gasteiger partial charge in [-0.2, -0.15) is 5.26 Å².